The van der Waals surface area contributed by atoms with Crippen molar-refractivity contribution in [1.29, 1.82) is 0 Å². The third kappa shape index (κ3) is 5.48. The zero-order valence-corrected chi connectivity index (χ0v) is 9.92. The minimum atomic E-state index is -1.24. The number of nitrogens with two attached hydrogens (primary N) is 1. The Morgan fingerprint density at radius 2 is 2.21 bits per heavy atom. The molecule has 3 amide bonds. The number of rotatable bonds is 7. The van der Waals surface area contributed by atoms with Gasteiger partial charge in [0, 0.05) is 6.42 Å². The molecule has 0 bridgehead atoms. The molecule has 0 saturated heterocycles. The van der Waals surface area contributed by atoms with E-state index in [-0.39, 0.29) is 19.4 Å². The van der Waals surface area contributed by atoms with Crippen LogP contribution in [0.25, 0.3) is 0 Å². The van der Waals surface area contributed by atoms with E-state index in [4.69, 9.17) is 10.8 Å². The lowest BCUT2D eigenvalue weighted by Gasteiger charge is -2.13. The van der Waals surface area contributed by atoms with E-state index in [2.05, 4.69) is 25.8 Å². The summed E-state index contributed by atoms with van der Waals surface area (Å²) in [6.07, 6.45) is 1.08. The molecule has 0 aliphatic heterocycles. The highest BCUT2D eigenvalue weighted by Gasteiger charge is 2.20. The third-order valence-electron chi connectivity index (χ3n) is 2.16. The van der Waals surface area contributed by atoms with Crippen molar-refractivity contribution in [3.63, 3.8) is 0 Å². The van der Waals surface area contributed by atoms with E-state index in [1.807, 2.05) is 0 Å². The molecule has 0 aliphatic rings. The lowest BCUT2D eigenvalue weighted by atomic mass is 10.1. The van der Waals surface area contributed by atoms with Crippen molar-refractivity contribution < 1.29 is 19.5 Å². The van der Waals surface area contributed by atoms with Gasteiger partial charge in [0.25, 0.3) is 0 Å². The van der Waals surface area contributed by atoms with Gasteiger partial charge in [-0.3, -0.25) is 9.89 Å². The number of primary amides is 1. The maximum absolute atomic E-state index is 11.4. The Balaban J connectivity index is 2.38. The number of H-pyrrole nitrogens is 1. The number of carboxylic acid groups (broad SMARTS) is 1. The molecule has 0 radical (unpaired) electrons. The smallest absolute Gasteiger partial charge is 0.326 e. The van der Waals surface area contributed by atoms with Crippen LogP contribution in [0, 0.1) is 0 Å². The Morgan fingerprint density at radius 3 is 2.74 bits per heavy atom. The molecule has 0 saturated carbocycles. The summed E-state index contributed by atoms with van der Waals surface area (Å²) in [7, 11) is 0. The van der Waals surface area contributed by atoms with E-state index in [9.17, 15) is 14.4 Å². The van der Waals surface area contributed by atoms with E-state index < -0.39 is 23.9 Å². The summed E-state index contributed by atoms with van der Waals surface area (Å²) in [5.41, 5.74) is 4.92. The lowest BCUT2D eigenvalue weighted by molar-refractivity contribution is -0.139. The van der Waals surface area contributed by atoms with Crippen molar-refractivity contribution >= 4 is 17.9 Å². The number of hydrogen-bond acceptors (Lipinski definition) is 5. The van der Waals surface area contributed by atoms with Gasteiger partial charge in [-0.15, -0.1) is 0 Å². The van der Waals surface area contributed by atoms with Crippen LogP contribution >= 0.6 is 0 Å². The van der Waals surface area contributed by atoms with Crippen LogP contribution in [0.5, 0.6) is 0 Å². The van der Waals surface area contributed by atoms with Crippen molar-refractivity contribution in [3.8, 4) is 0 Å². The number of nitrogens with zero attached hydrogens (tertiary/aromatic N) is 2. The normalized spacial score (nSPS) is 11.6. The average Bonchev–Trinajstić information content (AvgIpc) is 2.84. The van der Waals surface area contributed by atoms with Crippen LogP contribution in [-0.2, 0) is 16.1 Å². The Morgan fingerprint density at radius 1 is 1.47 bits per heavy atom. The highest BCUT2D eigenvalue weighted by molar-refractivity contribution is 5.83. The minimum absolute atomic E-state index is 0.0691. The molecule has 1 aromatic heterocycles. The molecule has 0 spiro atoms. The molecule has 1 rings (SSSR count). The summed E-state index contributed by atoms with van der Waals surface area (Å²) in [5, 5.41) is 19.6. The largest absolute Gasteiger partial charge is 0.480 e. The first-order valence-corrected chi connectivity index (χ1v) is 5.38. The Hall–Kier alpha value is -2.65. The molecule has 6 N–H and O–H groups in total. The number of carboxylic acids is 1. The Kier molecular flexibility index (Phi) is 5.26. The molecule has 1 heterocycles. The van der Waals surface area contributed by atoms with Gasteiger partial charge in [0.1, 0.15) is 18.2 Å². The summed E-state index contributed by atoms with van der Waals surface area (Å²) in [6.45, 7) is 0.0774. The molecule has 1 atom stereocenters. The van der Waals surface area contributed by atoms with Crippen molar-refractivity contribution in [2.75, 3.05) is 0 Å². The molecule has 0 aromatic carbocycles. The van der Waals surface area contributed by atoms with E-state index in [1.165, 1.54) is 6.33 Å². The first kappa shape index (κ1) is 14.4. The number of aromatic nitrogens is 3. The molecule has 104 valence electrons. The molecule has 10 nitrogen and oxygen atoms in total. The Bertz CT molecular complexity index is 446. The van der Waals surface area contributed by atoms with Crippen LogP contribution in [0.1, 0.15) is 18.7 Å². The highest BCUT2D eigenvalue weighted by Crippen LogP contribution is 1.97. The average molecular weight is 270 g/mol. The van der Waals surface area contributed by atoms with Gasteiger partial charge in [-0.1, -0.05) is 0 Å². The SMILES string of the molecule is NC(=O)CC[C@H](NC(=O)NCc1ncn[nH]1)C(=O)O. The fourth-order valence-corrected chi connectivity index (χ4v) is 1.23. The fourth-order valence-electron chi connectivity index (χ4n) is 1.23. The quantitative estimate of drug-likeness (QED) is 0.397. The van der Waals surface area contributed by atoms with Gasteiger partial charge in [-0.25, -0.2) is 14.6 Å². The predicted octanol–water partition coefficient (Wildman–Crippen LogP) is -1.68. The monoisotopic (exact) mass is 270 g/mol. The molecule has 10 heteroatoms. The number of carbonyl (C=O) groups excluding carboxylic acids is 2. The van der Waals surface area contributed by atoms with Crippen LogP contribution in [0.4, 0.5) is 4.79 Å². The van der Waals surface area contributed by atoms with Crippen molar-refractivity contribution in [1.82, 2.24) is 25.8 Å². The van der Waals surface area contributed by atoms with Gasteiger partial charge in [0.2, 0.25) is 5.91 Å². The van der Waals surface area contributed by atoms with Crippen LogP contribution in [0.2, 0.25) is 0 Å². The molecule has 0 aliphatic carbocycles. The summed E-state index contributed by atoms with van der Waals surface area (Å²) >= 11 is 0. The summed E-state index contributed by atoms with van der Waals surface area (Å²) in [4.78, 5) is 36.6. The van der Waals surface area contributed by atoms with Gasteiger partial charge in [0.15, 0.2) is 0 Å². The summed E-state index contributed by atoms with van der Waals surface area (Å²) in [5.74, 6) is -1.44. The standard InChI is InChI=1S/C9H14N6O4/c10-6(16)2-1-5(8(17)18)14-9(19)11-3-7-12-4-13-15-7/h4-5H,1-3H2,(H2,10,16)(H,17,18)(H2,11,14,19)(H,12,13,15)/t5-/m0/s1. The topological polar surface area (TPSA) is 163 Å². The molecular formula is C9H14N6O4. The van der Waals surface area contributed by atoms with Gasteiger partial charge >= 0.3 is 12.0 Å². The Labute approximate surface area is 107 Å². The molecule has 1 aromatic rings. The zero-order chi connectivity index (χ0) is 14.3. The van der Waals surface area contributed by atoms with Crippen LogP contribution in [-0.4, -0.2) is 44.2 Å². The summed E-state index contributed by atoms with van der Waals surface area (Å²) in [6, 6.07) is -1.87. The van der Waals surface area contributed by atoms with E-state index in [1.54, 1.807) is 0 Å². The van der Waals surface area contributed by atoms with Crippen LogP contribution in [0.15, 0.2) is 6.33 Å². The first-order valence-electron chi connectivity index (χ1n) is 5.38. The zero-order valence-electron chi connectivity index (χ0n) is 9.92. The molecular weight excluding hydrogens is 256 g/mol. The number of carbonyl (C=O) groups is 3. The second kappa shape index (κ2) is 6.93. The van der Waals surface area contributed by atoms with Crippen LogP contribution in [0.3, 0.4) is 0 Å². The number of urea groups is 1. The van der Waals surface area contributed by atoms with E-state index >= 15 is 0 Å². The molecule has 0 unspecified atom stereocenters. The van der Waals surface area contributed by atoms with Gasteiger partial charge in [-0.05, 0) is 6.42 Å². The van der Waals surface area contributed by atoms with E-state index in [0.29, 0.717) is 5.82 Å². The fraction of sp³-hybridized carbons (Fsp3) is 0.444. The minimum Gasteiger partial charge on any atom is -0.480 e. The second-order valence-corrected chi connectivity index (χ2v) is 3.65. The lowest BCUT2D eigenvalue weighted by Crippen LogP contribution is -2.46. The second-order valence-electron chi connectivity index (χ2n) is 3.65. The summed E-state index contributed by atoms with van der Waals surface area (Å²) < 4.78 is 0. The number of hydrogen-bond donors (Lipinski definition) is 5. The number of amides is 3. The predicted molar refractivity (Wildman–Crippen MR) is 61.6 cm³/mol. The maximum atomic E-state index is 11.4. The van der Waals surface area contributed by atoms with Crippen molar-refractivity contribution in [3.05, 3.63) is 12.2 Å². The molecule has 0 fully saturated rings. The maximum Gasteiger partial charge on any atom is 0.326 e. The van der Waals surface area contributed by atoms with Crippen LogP contribution < -0.4 is 16.4 Å². The van der Waals surface area contributed by atoms with Gasteiger partial charge < -0.3 is 21.5 Å². The highest BCUT2D eigenvalue weighted by atomic mass is 16.4. The first-order chi connectivity index (χ1) is 8.99. The van der Waals surface area contributed by atoms with Crippen molar-refractivity contribution in [2.45, 2.75) is 25.4 Å². The third-order valence-corrected chi connectivity index (χ3v) is 2.16. The van der Waals surface area contributed by atoms with Gasteiger partial charge in [0.05, 0.1) is 6.54 Å². The van der Waals surface area contributed by atoms with E-state index in [0.717, 1.165) is 0 Å². The van der Waals surface area contributed by atoms with Gasteiger partial charge in [-0.2, -0.15) is 5.10 Å². The number of aromatic amines is 1. The van der Waals surface area contributed by atoms with Crippen molar-refractivity contribution in [2.24, 2.45) is 5.73 Å². The number of aliphatic carboxylic acids is 1. The number of nitrogens with one attached hydrogen (secondary N) is 3. The molecule has 19 heavy (non-hydrogen) atoms.